The molecule has 0 aromatic heterocycles. The summed E-state index contributed by atoms with van der Waals surface area (Å²) in [5.74, 6) is 1.15. The zero-order chi connectivity index (χ0) is 24.4. The van der Waals surface area contributed by atoms with Crippen molar-refractivity contribution in [1.82, 2.24) is 10.2 Å². The topological polar surface area (TPSA) is 77.1 Å². The maximum atomic E-state index is 13.3. The smallest absolute Gasteiger partial charge is 0.261 e. The van der Waals surface area contributed by atoms with E-state index < -0.39 is 6.04 Å². The molecule has 0 aliphatic carbocycles. The number of methoxy groups -OCH3 is 2. The van der Waals surface area contributed by atoms with Crippen LogP contribution in [0.1, 0.15) is 44.7 Å². The molecule has 0 saturated heterocycles. The van der Waals surface area contributed by atoms with Gasteiger partial charge in [0.15, 0.2) is 6.61 Å². The number of hydrogen-bond acceptors (Lipinski definition) is 5. The average Bonchev–Trinajstić information content (AvgIpc) is 2.81. The van der Waals surface area contributed by atoms with Gasteiger partial charge in [-0.15, -0.1) is 0 Å². The molecule has 0 aliphatic rings. The number of hydrogen-bond donors (Lipinski definition) is 1. The third-order valence-electron chi connectivity index (χ3n) is 5.51. The van der Waals surface area contributed by atoms with Gasteiger partial charge in [-0.25, -0.2) is 0 Å². The van der Waals surface area contributed by atoms with Gasteiger partial charge in [-0.2, -0.15) is 0 Å². The molecule has 0 unspecified atom stereocenters. The quantitative estimate of drug-likeness (QED) is 0.520. The van der Waals surface area contributed by atoms with Crippen LogP contribution in [-0.4, -0.2) is 49.6 Å². The largest absolute Gasteiger partial charge is 0.496 e. The molecule has 2 rings (SSSR count). The molecule has 0 fully saturated rings. The van der Waals surface area contributed by atoms with Gasteiger partial charge in [0.2, 0.25) is 5.91 Å². The number of ether oxygens (including phenoxy) is 3. The van der Waals surface area contributed by atoms with Crippen molar-refractivity contribution in [3.63, 3.8) is 0 Å². The first-order valence-electron chi connectivity index (χ1n) is 11.3. The monoisotopic (exact) mass is 456 g/mol. The van der Waals surface area contributed by atoms with Crippen molar-refractivity contribution in [3.05, 3.63) is 53.6 Å². The lowest BCUT2D eigenvalue weighted by Gasteiger charge is -2.31. The van der Waals surface area contributed by atoms with E-state index in [9.17, 15) is 9.59 Å². The van der Waals surface area contributed by atoms with Crippen LogP contribution in [0.3, 0.4) is 0 Å². The average molecular weight is 457 g/mol. The summed E-state index contributed by atoms with van der Waals surface area (Å²) in [6.07, 6.45) is 1.31. The number of nitrogens with zero attached hydrogens (tertiary/aromatic N) is 1. The number of carbonyl (C=O) groups excluding carboxylic acids is 2. The highest BCUT2D eigenvalue weighted by Gasteiger charge is 2.29. The van der Waals surface area contributed by atoms with E-state index in [1.54, 1.807) is 37.3 Å². The zero-order valence-electron chi connectivity index (χ0n) is 20.5. The summed E-state index contributed by atoms with van der Waals surface area (Å²) in [4.78, 5) is 27.9. The molecule has 0 bridgehead atoms. The lowest BCUT2D eigenvalue weighted by molar-refractivity contribution is -0.143. The van der Waals surface area contributed by atoms with Gasteiger partial charge in [0.25, 0.3) is 5.91 Å². The highest BCUT2D eigenvalue weighted by molar-refractivity contribution is 5.88. The molecule has 0 spiro atoms. The molecule has 2 atom stereocenters. The molecule has 0 heterocycles. The van der Waals surface area contributed by atoms with Crippen LogP contribution in [0.2, 0.25) is 0 Å². The van der Waals surface area contributed by atoms with Gasteiger partial charge < -0.3 is 24.4 Å². The number of carbonyl (C=O) groups is 2. The number of benzene rings is 2. The van der Waals surface area contributed by atoms with E-state index >= 15 is 0 Å². The van der Waals surface area contributed by atoms with Crippen molar-refractivity contribution >= 4 is 11.8 Å². The zero-order valence-corrected chi connectivity index (χ0v) is 20.5. The molecule has 2 aromatic carbocycles. The Kier molecular flexibility index (Phi) is 10.0. The Labute approximate surface area is 197 Å². The van der Waals surface area contributed by atoms with E-state index in [1.807, 2.05) is 52.0 Å². The van der Waals surface area contributed by atoms with Crippen LogP contribution >= 0.6 is 0 Å². The summed E-state index contributed by atoms with van der Waals surface area (Å²) in [6.45, 7) is 7.98. The third-order valence-corrected chi connectivity index (χ3v) is 5.51. The van der Waals surface area contributed by atoms with E-state index in [2.05, 4.69) is 5.32 Å². The van der Waals surface area contributed by atoms with Crippen LogP contribution in [0, 0.1) is 6.92 Å². The Morgan fingerprint density at radius 2 is 1.61 bits per heavy atom. The maximum Gasteiger partial charge on any atom is 0.261 e. The Bertz CT molecular complexity index is 908. The molecule has 7 nitrogen and oxygen atoms in total. The molecule has 180 valence electrons. The predicted octanol–water partition coefficient (Wildman–Crippen LogP) is 4.11. The van der Waals surface area contributed by atoms with E-state index in [-0.39, 0.29) is 24.5 Å². The van der Waals surface area contributed by atoms with Crippen molar-refractivity contribution in [3.8, 4) is 17.2 Å². The molecule has 33 heavy (non-hydrogen) atoms. The highest BCUT2D eigenvalue weighted by Crippen LogP contribution is 2.27. The molecule has 1 N–H and O–H groups in total. The number of amides is 2. The third kappa shape index (κ3) is 7.70. The molecule has 2 aromatic rings. The SMILES string of the molecule is CC[C@H](C)NC(=O)[C@H](CC)N(Cc1cccc(C)c1)C(=O)COc1cc(OC)cc(OC)c1. The fraction of sp³-hybridized carbons (Fsp3) is 0.462. The van der Waals surface area contributed by atoms with Gasteiger partial charge in [0.05, 0.1) is 14.2 Å². The molecular formula is C26H36N2O5. The van der Waals surface area contributed by atoms with Crippen molar-refractivity contribution in [2.45, 2.75) is 59.2 Å². The van der Waals surface area contributed by atoms with Crippen LogP contribution in [0.5, 0.6) is 17.2 Å². The second-order valence-electron chi connectivity index (χ2n) is 8.09. The second kappa shape index (κ2) is 12.7. The Balaban J connectivity index is 2.25. The Hall–Kier alpha value is -3.22. The molecule has 0 aliphatic heterocycles. The minimum Gasteiger partial charge on any atom is -0.496 e. The number of aryl methyl sites for hydroxylation is 1. The first kappa shape index (κ1) is 26.0. The summed E-state index contributed by atoms with van der Waals surface area (Å²) >= 11 is 0. The molecule has 0 radical (unpaired) electrons. The van der Waals surface area contributed by atoms with E-state index in [0.29, 0.717) is 30.2 Å². The first-order chi connectivity index (χ1) is 15.8. The molecule has 7 heteroatoms. The molecular weight excluding hydrogens is 420 g/mol. The van der Waals surface area contributed by atoms with Gasteiger partial charge in [-0.1, -0.05) is 43.7 Å². The molecule has 0 saturated carbocycles. The first-order valence-corrected chi connectivity index (χ1v) is 11.3. The van der Waals surface area contributed by atoms with Crippen LogP contribution in [0.4, 0.5) is 0 Å². The normalized spacial score (nSPS) is 12.4. The summed E-state index contributed by atoms with van der Waals surface area (Å²) < 4.78 is 16.3. The Morgan fingerprint density at radius 3 is 2.15 bits per heavy atom. The fourth-order valence-electron chi connectivity index (χ4n) is 3.46. The van der Waals surface area contributed by atoms with Crippen molar-refractivity contribution < 1.29 is 23.8 Å². The van der Waals surface area contributed by atoms with Gasteiger partial charge in [-0.05, 0) is 32.3 Å². The minimum absolute atomic E-state index is 0.0305. The summed E-state index contributed by atoms with van der Waals surface area (Å²) in [7, 11) is 3.10. The van der Waals surface area contributed by atoms with Crippen molar-refractivity contribution in [1.29, 1.82) is 0 Å². The molecule has 2 amide bonds. The van der Waals surface area contributed by atoms with Crippen molar-refractivity contribution in [2.24, 2.45) is 0 Å². The Morgan fingerprint density at radius 1 is 0.970 bits per heavy atom. The van der Waals surface area contributed by atoms with E-state index in [4.69, 9.17) is 14.2 Å². The summed E-state index contributed by atoms with van der Waals surface area (Å²) in [6, 6.07) is 12.5. The lowest BCUT2D eigenvalue weighted by atomic mass is 10.1. The van der Waals surface area contributed by atoms with Crippen LogP contribution in [0.15, 0.2) is 42.5 Å². The van der Waals surface area contributed by atoms with E-state index in [1.165, 1.54) is 0 Å². The predicted molar refractivity (Wildman–Crippen MR) is 129 cm³/mol. The van der Waals surface area contributed by atoms with Gasteiger partial charge in [-0.3, -0.25) is 9.59 Å². The van der Waals surface area contributed by atoms with Crippen LogP contribution in [0.25, 0.3) is 0 Å². The number of nitrogens with one attached hydrogen (secondary N) is 1. The highest BCUT2D eigenvalue weighted by atomic mass is 16.5. The number of rotatable bonds is 12. The fourth-order valence-corrected chi connectivity index (χ4v) is 3.46. The lowest BCUT2D eigenvalue weighted by Crippen LogP contribution is -2.51. The second-order valence-corrected chi connectivity index (χ2v) is 8.09. The van der Waals surface area contributed by atoms with Crippen LogP contribution in [-0.2, 0) is 16.1 Å². The summed E-state index contributed by atoms with van der Waals surface area (Å²) in [5, 5.41) is 3.01. The van der Waals surface area contributed by atoms with Gasteiger partial charge in [0.1, 0.15) is 23.3 Å². The van der Waals surface area contributed by atoms with Gasteiger partial charge >= 0.3 is 0 Å². The minimum atomic E-state index is -0.601. The summed E-state index contributed by atoms with van der Waals surface area (Å²) in [5.41, 5.74) is 2.05. The standard InChI is InChI=1S/C26H36N2O5/c1-7-19(4)27-26(30)24(8-2)28(16-20-11-9-10-18(3)12-20)25(29)17-33-23-14-21(31-5)13-22(15-23)32-6/h9-15,19,24H,7-8,16-17H2,1-6H3,(H,27,30)/t19-,24-/m0/s1. The van der Waals surface area contributed by atoms with E-state index in [0.717, 1.165) is 17.5 Å². The van der Waals surface area contributed by atoms with Crippen molar-refractivity contribution in [2.75, 3.05) is 20.8 Å². The van der Waals surface area contributed by atoms with Gasteiger partial charge in [0, 0.05) is 30.8 Å². The van der Waals surface area contributed by atoms with Crippen LogP contribution < -0.4 is 19.5 Å². The maximum absolute atomic E-state index is 13.3.